The Bertz CT molecular complexity index is 4330. The number of hydrogen-bond acceptors (Lipinski definition) is 24. The summed E-state index contributed by atoms with van der Waals surface area (Å²) in [4.78, 5) is 226. The molecular formula is C106H180N12O24. The molecule has 1 aliphatic carbocycles. The molecule has 4 fully saturated rings. The minimum absolute atomic E-state index is 0.00988. The summed E-state index contributed by atoms with van der Waals surface area (Å²) in [5.41, 5.74) is 1.61. The van der Waals surface area contributed by atoms with E-state index < -0.39 is 240 Å². The Morgan fingerprint density at radius 1 is 0.570 bits per heavy atom. The first-order chi connectivity index (χ1) is 66.2. The average Bonchev–Trinajstić information content (AvgIpc) is 0.772. The number of piperidine rings is 1. The Morgan fingerprint density at radius 3 is 1.61 bits per heavy atom. The number of cyclic esters (lactones) is 1. The molecule has 0 aromatic rings. The maximum absolute atomic E-state index is 15.1. The molecule has 13 unspecified atom stereocenters. The number of fused-ring (bicyclic) bond motifs is 3. The number of allylic oxidation sites excluding steroid dienone is 6. The number of carbonyl (C=O) groups is 15. The maximum Gasteiger partial charge on any atom is 0.329 e. The van der Waals surface area contributed by atoms with Crippen LogP contribution in [0.2, 0.25) is 0 Å². The van der Waals surface area contributed by atoms with Gasteiger partial charge in [0.15, 0.2) is 0 Å². The van der Waals surface area contributed by atoms with Gasteiger partial charge in [-0.25, -0.2) is 4.79 Å². The summed E-state index contributed by atoms with van der Waals surface area (Å²) in [5, 5.41) is 57.2. The van der Waals surface area contributed by atoms with Crippen LogP contribution in [-0.2, 0) is 95.6 Å². The summed E-state index contributed by atoms with van der Waals surface area (Å²) in [6.07, 6.45) is 7.97. The highest BCUT2D eigenvalue weighted by atomic mass is 16.7. The number of likely N-dealkylation sites (N-methyl/N-ethyl adjacent to an activating group) is 7. The molecule has 4 aliphatic heterocycles. The molecule has 8 N–H and O–H groups in total. The smallest absolute Gasteiger partial charge is 0.329 e. The molecule has 5 aliphatic rings. The fraction of sp³-hybridized carbons (Fsp3) is 0.783. The van der Waals surface area contributed by atoms with E-state index in [0.29, 0.717) is 63.4 Å². The van der Waals surface area contributed by atoms with Crippen molar-refractivity contribution in [2.75, 3.05) is 83.8 Å². The Morgan fingerprint density at radius 2 is 1.08 bits per heavy atom. The normalized spacial score (nSPS) is 32.5. The zero-order chi connectivity index (χ0) is 108. The summed E-state index contributed by atoms with van der Waals surface area (Å²) in [6.45, 7) is 42.5. The number of hydrogen-bond donors (Lipinski definition) is 8. The SMILES string of the molecule is C/C=C/C[C@@H](C)[C@@H](O)[C@@H]1C(=O)N[C@H](CC)C(=O)N(C)CC(=O)N(C)[C@@H](CC(C)C)C(=O)N[C@H](C(C)C)C(=O)N(C)[C@H](CC(C)C)C(=O)N[C@H](C)C(=O)N[C@@H](C)C(=O)N(C)[C@H](CC(C)C)C(=O)N(C)[C@@H](CC(C)C)C(=O)N(C)[C@H](C(C)C)C(=O)N1C.C=CCC1/C=C(/C)CC(C)C[C@H](OC)C2OC(O)(C(=O)C(=O)N3CCCCC3C(=O)OC(/C(C)=C/C3CCC(O)C(OC)C3)C(C)C(O)CC1=O)C(C)CC2OC. The van der Waals surface area contributed by atoms with Gasteiger partial charge in [0.05, 0.1) is 43.2 Å². The van der Waals surface area contributed by atoms with E-state index in [0.717, 1.165) is 15.4 Å². The van der Waals surface area contributed by atoms with Crippen LogP contribution < -0.4 is 21.3 Å². The second kappa shape index (κ2) is 57.8. The lowest BCUT2D eigenvalue weighted by Gasteiger charge is -2.47. The molecule has 36 nitrogen and oxygen atoms in total. The highest BCUT2D eigenvalue weighted by Crippen LogP contribution is 2.41. The van der Waals surface area contributed by atoms with Crippen molar-refractivity contribution in [3.05, 3.63) is 48.1 Å². The number of nitrogens with zero attached hydrogens (tertiary/aromatic N) is 8. The highest BCUT2D eigenvalue weighted by Gasteiger charge is 2.58. The van der Waals surface area contributed by atoms with Crippen LogP contribution in [0.4, 0.5) is 0 Å². The molecule has 0 aromatic carbocycles. The predicted molar refractivity (Wildman–Crippen MR) is 541 cm³/mol. The van der Waals surface area contributed by atoms with Crippen molar-refractivity contribution in [3.8, 4) is 0 Å². The van der Waals surface area contributed by atoms with E-state index >= 15 is 9.59 Å². The number of aliphatic hydroxyl groups excluding tert-OH is 3. The molecule has 142 heavy (non-hydrogen) atoms. The number of rotatable bonds is 22. The molecule has 36 heteroatoms. The number of nitrogens with one attached hydrogen (secondary N) is 4. The molecule has 2 bridgehead atoms. The lowest BCUT2D eigenvalue weighted by Crippen LogP contribution is -2.64. The molecule has 808 valence electrons. The zero-order valence-electron chi connectivity index (χ0n) is 91.5. The monoisotopic (exact) mass is 2010 g/mol. The van der Waals surface area contributed by atoms with Crippen molar-refractivity contribution in [1.82, 2.24) is 60.5 Å². The Labute approximate surface area is 846 Å². The van der Waals surface area contributed by atoms with E-state index in [2.05, 4.69) is 27.8 Å². The van der Waals surface area contributed by atoms with Gasteiger partial charge in [-0.05, 0) is 196 Å². The van der Waals surface area contributed by atoms with Gasteiger partial charge >= 0.3 is 5.97 Å². The van der Waals surface area contributed by atoms with Gasteiger partial charge in [0.2, 0.25) is 70.8 Å². The van der Waals surface area contributed by atoms with Crippen molar-refractivity contribution in [1.29, 1.82) is 0 Å². The van der Waals surface area contributed by atoms with Crippen molar-refractivity contribution < 1.29 is 116 Å². The Balaban J connectivity index is 0.000000637. The zero-order valence-corrected chi connectivity index (χ0v) is 91.5. The standard InChI is InChI=1S/C62H111N11O12.C44H69NO12/c1-25-27-28-40(15)52(75)51-56(79)65-43(26-2)58(81)67(18)33-48(74)68(19)44(29-34(3)4)55(78)66-49(38(11)12)61(84)69(20)45(30-35(5)6)54(77)63-41(16)53(76)64-42(17)57(80)70(21)46(31-36(7)8)59(82)71(22)47(32-37(9)10)60(83)72(23)50(39(13)14)62(85)73(51)24;1-10-13-31-19-25(2)18-26(3)20-37(54-8)40-38(55-9)22-28(5)44(52,57-40)41(49)42(50)45-17-12-11-14-32(45)43(51)56-39(29(6)34(47)24-35(31)48)27(4)21-30-15-16-33(46)36(23-30)53-7/h25,27,34-47,49-52,75H,26,28-33H2,1-24H3,(H,63,77)(H,64,76)(H,65,79)(H,66,78);10,19,21,26,28-34,36-40,46-47,52H,1,11-18,20,22-24H2,2-9H3/b27-25+;25-19-,27-21+/t40-,41-,42+,43-,44+,45-,46-,47+,49-,50-,51-,52-;26?,28?,29?,30?,31?,32?,33?,34?,36?,37-,38?,39?,40?,44?/m10/s1. The topological polar surface area (TPSA) is 457 Å². The molecule has 12 amide bonds. The largest absolute Gasteiger partial charge is 0.456 e. The molecule has 3 saturated heterocycles. The van der Waals surface area contributed by atoms with Gasteiger partial charge in [-0.1, -0.05) is 154 Å². The lowest BCUT2D eigenvalue weighted by molar-refractivity contribution is -0.302. The van der Waals surface area contributed by atoms with Crippen LogP contribution in [-0.4, -0.2) is 353 Å². The molecule has 0 aromatic heterocycles. The number of Topliss-reactive ketones (excluding diaryl/α,β-unsaturated/α-hetero) is 2. The van der Waals surface area contributed by atoms with Crippen molar-refractivity contribution in [2.45, 2.75) is 383 Å². The number of esters is 1. The fourth-order valence-corrected chi connectivity index (χ4v) is 20.1. The van der Waals surface area contributed by atoms with Crippen LogP contribution in [0.1, 0.15) is 261 Å². The Kier molecular flexibility index (Phi) is 51.1. The van der Waals surface area contributed by atoms with Gasteiger partial charge in [0, 0.05) is 101 Å². The van der Waals surface area contributed by atoms with E-state index in [9.17, 15) is 82.8 Å². The average molecular weight is 2010 g/mol. The first kappa shape index (κ1) is 125. The summed E-state index contributed by atoms with van der Waals surface area (Å²) >= 11 is 0. The third-order valence-electron chi connectivity index (χ3n) is 29.0. The second-order valence-electron chi connectivity index (χ2n) is 43.4. The lowest BCUT2D eigenvalue weighted by atomic mass is 9.81. The van der Waals surface area contributed by atoms with Crippen LogP contribution in [0, 0.1) is 71.0 Å². The van der Waals surface area contributed by atoms with Crippen molar-refractivity contribution in [3.63, 3.8) is 0 Å². The molecule has 0 spiro atoms. The predicted octanol–water partition coefficient (Wildman–Crippen LogP) is 7.91. The molecule has 5 rings (SSSR count). The minimum atomic E-state index is -2.51. The van der Waals surface area contributed by atoms with E-state index in [4.69, 9.17) is 23.7 Å². The van der Waals surface area contributed by atoms with E-state index in [1.165, 1.54) is 107 Å². The fourth-order valence-electron chi connectivity index (χ4n) is 20.1. The molecular weight excluding hydrogens is 1830 g/mol. The molecule has 1 saturated carbocycles. The number of carbonyl (C=O) groups excluding carboxylic acids is 15. The molecule has 4 heterocycles. The van der Waals surface area contributed by atoms with E-state index in [1.54, 1.807) is 81.6 Å². The number of methoxy groups -OCH3 is 3. The van der Waals surface area contributed by atoms with Gasteiger partial charge in [-0.3, -0.25) is 67.1 Å². The van der Waals surface area contributed by atoms with Crippen LogP contribution in [0.15, 0.2) is 48.1 Å². The number of amides is 12. The van der Waals surface area contributed by atoms with Gasteiger partial charge < -0.3 is 105 Å². The third kappa shape index (κ3) is 34.1. The molecule has 0 radical (unpaired) electrons. The summed E-state index contributed by atoms with van der Waals surface area (Å²) in [5.74, 6) is -17.5. The molecule has 26 atom stereocenters. The van der Waals surface area contributed by atoms with Crippen LogP contribution in [0.5, 0.6) is 0 Å². The maximum atomic E-state index is 15.1. The van der Waals surface area contributed by atoms with Gasteiger partial charge in [-0.15, -0.1) is 6.58 Å². The Hall–Kier alpha value is -8.91. The number of aliphatic hydroxyl groups is 4. The van der Waals surface area contributed by atoms with Crippen molar-refractivity contribution >= 4 is 88.4 Å². The second-order valence-corrected chi connectivity index (χ2v) is 43.4. The third-order valence-corrected chi connectivity index (χ3v) is 29.0. The number of ether oxygens (including phenoxy) is 5. The van der Waals surface area contributed by atoms with Crippen LogP contribution in [0.25, 0.3) is 0 Å². The summed E-state index contributed by atoms with van der Waals surface area (Å²) < 4.78 is 29.7. The van der Waals surface area contributed by atoms with Crippen molar-refractivity contribution in [2.24, 2.45) is 71.0 Å². The summed E-state index contributed by atoms with van der Waals surface area (Å²) in [7, 11) is 14.5. The van der Waals surface area contributed by atoms with Crippen LogP contribution >= 0.6 is 0 Å². The van der Waals surface area contributed by atoms with E-state index in [1.807, 2.05) is 94.4 Å². The number of ketones is 2. The van der Waals surface area contributed by atoms with Gasteiger partial charge in [0.25, 0.3) is 11.7 Å². The summed E-state index contributed by atoms with van der Waals surface area (Å²) in [6, 6.07) is -13.5. The first-order valence-electron chi connectivity index (χ1n) is 51.4. The van der Waals surface area contributed by atoms with E-state index in [-0.39, 0.29) is 105 Å². The van der Waals surface area contributed by atoms with Gasteiger partial charge in [-0.2, -0.15) is 0 Å². The minimum Gasteiger partial charge on any atom is -0.456 e. The van der Waals surface area contributed by atoms with Gasteiger partial charge in [0.1, 0.15) is 84.5 Å². The quantitative estimate of drug-likeness (QED) is 0.0290. The first-order valence-corrected chi connectivity index (χ1v) is 51.4. The highest BCUT2D eigenvalue weighted by molar-refractivity contribution is 6.39. The van der Waals surface area contributed by atoms with Crippen LogP contribution in [0.3, 0.4) is 0 Å².